The molecule has 1 aromatic carbocycles. The van der Waals surface area contributed by atoms with Crippen LogP contribution in [0.2, 0.25) is 0 Å². The molecule has 1 aromatic heterocycles. The Kier molecular flexibility index (Phi) is 4.44. The van der Waals surface area contributed by atoms with E-state index < -0.39 is 0 Å². The first kappa shape index (κ1) is 13.9. The third-order valence-corrected chi connectivity index (χ3v) is 3.42. The molecule has 5 nitrogen and oxygen atoms in total. The summed E-state index contributed by atoms with van der Waals surface area (Å²) in [6.45, 7) is 0.220. The number of rotatable bonds is 4. The SMILES string of the molecule is Cn1ccc(OCc2c(Br)cccc2C(=O)NCl)n1. The van der Waals surface area contributed by atoms with Gasteiger partial charge >= 0.3 is 0 Å². The van der Waals surface area contributed by atoms with E-state index in [1.165, 1.54) is 0 Å². The zero-order chi connectivity index (χ0) is 13.8. The number of amides is 1. The highest BCUT2D eigenvalue weighted by Crippen LogP contribution is 2.22. The maximum Gasteiger partial charge on any atom is 0.266 e. The van der Waals surface area contributed by atoms with E-state index in [0.717, 1.165) is 4.47 Å². The molecule has 0 spiro atoms. The lowest BCUT2D eigenvalue weighted by atomic mass is 10.1. The number of nitrogens with one attached hydrogen (secondary N) is 1. The van der Waals surface area contributed by atoms with E-state index in [1.54, 1.807) is 36.1 Å². The van der Waals surface area contributed by atoms with Gasteiger partial charge in [-0.05, 0) is 12.1 Å². The Morgan fingerprint density at radius 3 is 2.95 bits per heavy atom. The lowest BCUT2D eigenvalue weighted by Crippen LogP contribution is -2.16. The maximum absolute atomic E-state index is 11.7. The van der Waals surface area contributed by atoms with E-state index >= 15 is 0 Å². The highest BCUT2D eigenvalue weighted by Gasteiger charge is 2.14. The van der Waals surface area contributed by atoms with Crippen molar-refractivity contribution in [2.24, 2.45) is 7.05 Å². The van der Waals surface area contributed by atoms with Crippen LogP contribution in [0.25, 0.3) is 0 Å². The molecule has 0 bridgehead atoms. The van der Waals surface area contributed by atoms with Gasteiger partial charge in [0.05, 0.1) is 0 Å². The van der Waals surface area contributed by atoms with Crippen molar-refractivity contribution in [3.05, 3.63) is 46.1 Å². The number of ether oxygens (including phenoxy) is 1. The maximum atomic E-state index is 11.7. The lowest BCUT2D eigenvalue weighted by molar-refractivity contribution is 0.0979. The van der Waals surface area contributed by atoms with Crippen molar-refractivity contribution >= 4 is 33.6 Å². The summed E-state index contributed by atoms with van der Waals surface area (Å²) in [5.41, 5.74) is 1.17. The predicted molar refractivity (Wildman–Crippen MR) is 75.0 cm³/mol. The second kappa shape index (κ2) is 6.08. The fourth-order valence-electron chi connectivity index (χ4n) is 1.59. The van der Waals surface area contributed by atoms with Gasteiger partial charge in [-0.1, -0.05) is 22.0 Å². The van der Waals surface area contributed by atoms with Gasteiger partial charge in [-0.2, -0.15) is 0 Å². The van der Waals surface area contributed by atoms with Gasteiger partial charge in [0.1, 0.15) is 6.61 Å². The molecule has 0 unspecified atom stereocenters. The van der Waals surface area contributed by atoms with Crippen molar-refractivity contribution in [1.29, 1.82) is 0 Å². The quantitative estimate of drug-likeness (QED) is 0.868. The lowest BCUT2D eigenvalue weighted by Gasteiger charge is -2.10. The summed E-state index contributed by atoms with van der Waals surface area (Å²) >= 11 is 8.75. The minimum atomic E-state index is -0.373. The highest BCUT2D eigenvalue weighted by molar-refractivity contribution is 9.10. The minimum absolute atomic E-state index is 0.220. The minimum Gasteiger partial charge on any atom is -0.472 e. The van der Waals surface area contributed by atoms with Gasteiger partial charge in [0.2, 0.25) is 5.88 Å². The molecule has 0 fully saturated rings. The Labute approximate surface area is 123 Å². The van der Waals surface area contributed by atoms with E-state index in [4.69, 9.17) is 16.5 Å². The average Bonchev–Trinajstić information content (AvgIpc) is 2.82. The molecular weight excluding hydrogens is 334 g/mol. The molecule has 1 amide bonds. The Morgan fingerprint density at radius 2 is 2.32 bits per heavy atom. The largest absolute Gasteiger partial charge is 0.472 e. The Hall–Kier alpha value is -1.53. The second-order valence-electron chi connectivity index (χ2n) is 3.81. The summed E-state index contributed by atoms with van der Waals surface area (Å²) < 4.78 is 7.96. The summed E-state index contributed by atoms with van der Waals surface area (Å²) in [5.74, 6) is 0.123. The monoisotopic (exact) mass is 343 g/mol. The van der Waals surface area contributed by atoms with Crippen molar-refractivity contribution in [1.82, 2.24) is 14.6 Å². The summed E-state index contributed by atoms with van der Waals surface area (Å²) in [5, 5.41) is 4.10. The van der Waals surface area contributed by atoms with Crippen LogP contribution in [0.15, 0.2) is 34.9 Å². The highest BCUT2D eigenvalue weighted by atomic mass is 79.9. The fraction of sp³-hybridized carbons (Fsp3) is 0.167. The molecule has 19 heavy (non-hydrogen) atoms. The Bertz CT molecular complexity index is 600. The van der Waals surface area contributed by atoms with Crippen molar-refractivity contribution in [3.63, 3.8) is 0 Å². The van der Waals surface area contributed by atoms with Gasteiger partial charge in [-0.25, -0.2) is 0 Å². The molecule has 0 radical (unpaired) electrons. The molecule has 7 heteroatoms. The van der Waals surface area contributed by atoms with Crippen molar-refractivity contribution < 1.29 is 9.53 Å². The van der Waals surface area contributed by atoms with Crippen molar-refractivity contribution in [2.75, 3.05) is 0 Å². The molecule has 0 aliphatic carbocycles. The van der Waals surface area contributed by atoms with Gasteiger partial charge < -0.3 is 4.74 Å². The third-order valence-electron chi connectivity index (χ3n) is 2.50. The normalized spacial score (nSPS) is 10.3. The number of halogens is 2. The summed E-state index contributed by atoms with van der Waals surface area (Å²) in [7, 11) is 1.80. The molecule has 100 valence electrons. The second-order valence-corrected chi connectivity index (χ2v) is 4.85. The number of aryl methyl sites for hydroxylation is 1. The molecule has 0 aliphatic heterocycles. The number of hydrogen-bond donors (Lipinski definition) is 1. The number of benzene rings is 1. The van der Waals surface area contributed by atoms with Gasteiger partial charge in [0.15, 0.2) is 0 Å². The van der Waals surface area contributed by atoms with Crippen LogP contribution >= 0.6 is 27.7 Å². The van der Waals surface area contributed by atoms with Crippen LogP contribution in [0, 0.1) is 0 Å². The first-order chi connectivity index (χ1) is 9.11. The third kappa shape index (κ3) is 3.27. The van der Waals surface area contributed by atoms with Crippen LogP contribution in [0.5, 0.6) is 5.88 Å². The van der Waals surface area contributed by atoms with E-state index in [1.807, 2.05) is 6.07 Å². The first-order valence-corrected chi connectivity index (χ1v) is 6.59. The van der Waals surface area contributed by atoms with E-state index in [-0.39, 0.29) is 12.5 Å². The molecular formula is C12H11BrClN3O2. The van der Waals surface area contributed by atoms with E-state index in [9.17, 15) is 4.79 Å². The van der Waals surface area contributed by atoms with Gasteiger partial charge in [-0.15, -0.1) is 5.10 Å². The van der Waals surface area contributed by atoms with Crippen LogP contribution in [0.4, 0.5) is 0 Å². The summed E-state index contributed by atoms with van der Waals surface area (Å²) in [6, 6.07) is 7.02. The molecule has 2 aromatic rings. The van der Waals surface area contributed by atoms with Crippen LogP contribution in [0.3, 0.4) is 0 Å². The number of aromatic nitrogens is 2. The van der Waals surface area contributed by atoms with Gasteiger partial charge in [0, 0.05) is 46.7 Å². The molecule has 0 aliphatic rings. The Morgan fingerprint density at radius 1 is 1.53 bits per heavy atom. The van der Waals surface area contributed by atoms with Crippen LogP contribution in [0.1, 0.15) is 15.9 Å². The van der Waals surface area contributed by atoms with Crippen molar-refractivity contribution in [2.45, 2.75) is 6.61 Å². The first-order valence-electron chi connectivity index (χ1n) is 5.42. The number of carbonyl (C=O) groups excluding carboxylic acids is 1. The molecule has 1 N–H and O–H groups in total. The zero-order valence-corrected chi connectivity index (χ0v) is 12.4. The summed E-state index contributed by atoms with van der Waals surface area (Å²) in [4.78, 5) is 13.8. The molecule has 0 saturated carbocycles. The van der Waals surface area contributed by atoms with E-state index in [2.05, 4.69) is 25.9 Å². The fourth-order valence-corrected chi connectivity index (χ4v) is 2.17. The van der Waals surface area contributed by atoms with Crippen LogP contribution in [-0.4, -0.2) is 15.7 Å². The van der Waals surface area contributed by atoms with Crippen LogP contribution in [-0.2, 0) is 13.7 Å². The molecule has 2 rings (SSSR count). The number of carbonyl (C=O) groups is 1. The molecule has 0 saturated heterocycles. The Balaban J connectivity index is 2.21. The van der Waals surface area contributed by atoms with Gasteiger partial charge in [0.25, 0.3) is 5.91 Å². The zero-order valence-electron chi connectivity index (χ0n) is 10.1. The van der Waals surface area contributed by atoms with E-state index in [0.29, 0.717) is 17.0 Å². The predicted octanol–water partition coefficient (Wildman–Crippen LogP) is 2.65. The number of hydrogen-bond acceptors (Lipinski definition) is 3. The average molecular weight is 345 g/mol. The topological polar surface area (TPSA) is 56.1 Å². The smallest absolute Gasteiger partial charge is 0.266 e. The van der Waals surface area contributed by atoms with Gasteiger partial charge in [-0.3, -0.25) is 14.3 Å². The van der Waals surface area contributed by atoms with Crippen molar-refractivity contribution in [3.8, 4) is 5.88 Å². The van der Waals surface area contributed by atoms with Crippen LogP contribution < -0.4 is 9.57 Å². The summed E-state index contributed by atoms with van der Waals surface area (Å²) in [6.07, 6.45) is 1.78. The standard InChI is InChI=1S/C12H11BrClN3O2/c1-17-6-5-11(16-17)19-7-9-8(12(18)15-14)3-2-4-10(9)13/h2-6H,7H2,1H3,(H,15,18). The number of nitrogens with zero attached hydrogens (tertiary/aromatic N) is 2. The molecule has 1 heterocycles. The molecule has 0 atom stereocenters.